The zero-order valence-corrected chi connectivity index (χ0v) is 17.5. The minimum absolute atomic E-state index is 0.0142. The topological polar surface area (TPSA) is 99.2 Å². The van der Waals surface area contributed by atoms with Gasteiger partial charge in [-0.15, -0.1) is 0 Å². The minimum Gasteiger partial charge on any atom is -0.378 e. The van der Waals surface area contributed by atoms with E-state index in [-0.39, 0.29) is 10.8 Å². The number of hydrogen-bond donors (Lipinski definition) is 3. The van der Waals surface area contributed by atoms with E-state index in [4.69, 9.17) is 12.2 Å². The third-order valence-electron chi connectivity index (χ3n) is 3.86. The van der Waals surface area contributed by atoms with Crippen LogP contribution in [0.5, 0.6) is 0 Å². The molecule has 0 spiro atoms. The largest absolute Gasteiger partial charge is 0.378 e. The zero-order chi connectivity index (χ0) is 20.9. The van der Waals surface area contributed by atoms with Crippen molar-refractivity contribution in [1.82, 2.24) is 9.97 Å². The smallest absolute Gasteiger partial charge is 0.264 e. The molecule has 150 valence electrons. The van der Waals surface area contributed by atoms with Gasteiger partial charge < -0.3 is 15.5 Å². The Morgan fingerprint density at radius 3 is 1.93 bits per heavy atom. The number of nitrogens with one attached hydrogen (secondary N) is 3. The summed E-state index contributed by atoms with van der Waals surface area (Å²) >= 11 is 5.32. The van der Waals surface area contributed by atoms with Gasteiger partial charge in [-0.1, -0.05) is 0 Å². The maximum atomic E-state index is 12.4. The molecule has 29 heavy (non-hydrogen) atoms. The van der Waals surface area contributed by atoms with Gasteiger partial charge in [0.2, 0.25) is 5.95 Å². The van der Waals surface area contributed by atoms with Crippen molar-refractivity contribution in [2.24, 2.45) is 0 Å². The van der Waals surface area contributed by atoms with Crippen molar-refractivity contribution in [2.75, 3.05) is 34.4 Å². The summed E-state index contributed by atoms with van der Waals surface area (Å²) in [5.74, 6) is 0.0142. The summed E-state index contributed by atoms with van der Waals surface area (Å²) in [6.45, 7) is 0. The van der Waals surface area contributed by atoms with Gasteiger partial charge >= 0.3 is 0 Å². The van der Waals surface area contributed by atoms with Crippen molar-refractivity contribution >= 4 is 50.4 Å². The number of nitrogens with zero attached hydrogens (tertiary/aromatic N) is 3. The Labute approximate surface area is 175 Å². The molecule has 0 saturated heterocycles. The van der Waals surface area contributed by atoms with E-state index in [0.29, 0.717) is 10.8 Å². The van der Waals surface area contributed by atoms with Crippen LogP contribution in [0.3, 0.4) is 0 Å². The summed E-state index contributed by atoms with van der Waals surface area (Å²) in [6, 6.07) is 15.6. The lowest BCUT2D eigenvalue weighted by molar-refractivity contribution is 0.601. The molecule has 0 amide bonds. The summed E-state index contributed by atoms with van der Waals surface area (Å²) in [5.41, 5.74) is 2.59. The molecule has 3 rings (SSSR count). The van der Waals surface area contributed by atoms with Crippen LogP contribution in [0.4, 0.5) is 23.0 Å². The first-order valence-electron chi connectivity index (χ1n) is 8.59. The molecule has 0 fully saturated rings. The third kappa shape index (κ3) is 5.62. The molecule has 8 nitrogen and oxygen atoms in total. The lowest BCUT2D eigenvalue weighted by Crippen LogP contribution is -2.19. The fraction of sp³-hybridized carbons (Fsp3) is 0.105. The predicted molar refractivity (Wildman–Crippen MR) is 120 cm³/mol. The van der Waals surface area contributed by atoms with Crippen molar-refractivity contribution in [1.29, 1.82) is 0 Å². The second-order valence-corrected chi connectivity index (χ2v) is 8.31. The van der Waals surface area contributed by atoms with Gasteiger partial charge in [0.15, 0.2) is 5.11 Å². The molecule has 0 unspecified atom stereocenters. The second-order valence-electron chi connectivity index (χ2n) is 6.22. The fourth-order valence-corrected chi connectivity index (χ4v) is 3.58. The highest BCUT2D eigenvalue weighted by molar-refractivity contribution is 7.92. The molecule has 0 radical (unpaired) electrons. The molecule has 3 aromatic rings. The van der Waals surface area contributed by atoms with Crippen molar-refractivity contribution in [3.63, 3.8) is 0 Å². The Balaban J connectivity index is 1.61. The average Bonchev–Trinajstić information content (AvgIpc) is 2.69. The molecule has 0 aliphatic heterocycles. The van der Waals surface area contributed by atoms with Crippen LogP contribution in [-0.2, 0) is 10.0 Å². The van der Waals surface area contributed by atoms with E-state index in [1.54, 1.807) is 18.2 Å². The van der Waals surface area contributed by atoms with Gasteiger partial charge in [0, 0.05) is 43.6 Å². The molecule has 0 bridgehead atoms. The van der Waals surface area contributed by atoms with Crippen LogP contribution in [0.25, 0.3) is 0 Å². The van der Waals surface area contributed by atoms with Crippen LogP contribution in [0.1, 0.15) is 0 Å². The Morgan fingerprint density at radius 2 is 1.41 bits per heavy atom. The van der Waals surface area contributed by atoms with Gasteiger partial charge in [0.25, 0.3) is 10.0 Å². The monoisotopic (exact) mass is 428 g/mol. The van der Waals surface area contributed by atoms with E-state index in [1.165, 1.54) is 24.5 Å². The van der Waals surface area contributed by atoms with E-state index in [1.807, 2.05) is 43.3 Å². The average molecular weight is 429 g/mol. The van der Waals surface area contributed by atoms with Gasteiger partial charge in [-0.3, -0.25) is 0 Å². The van der Waals surface area contributed by atoms with Gasteiger partial charge in [-0.05, 0) is 66.8 Å². The van der Waals surface area contributed by atoms with Crippen LogP contribution in [0.15, 0.2) is 71.9 Å². The minimum atomic E-state index is -3.77. The molecule has 0 aliphatic carbocycles. The molecule has 1 aromatic heterocycles. The van der Waals surface area contributed by atoms with Crippen LogP contribution in [0.2, 0.25) is 0 Å². The highest BCUT2D eigenvalue weighted by Gasteiger charge is 2.15. The maximum absolute atomic E-state index is 12.4. The van der Waals surface area contributed by atoms with Gasteiger partial charge in [-0.25, -0.2) is 23.1 Å². The van der Waals surface area contributed by atoms with Crippen molar-refractivity contribution in [2.45, 2.75) is 4.90 Å². The quantitative estimate of drug-likeness (QED) is 0.515. The molecular formula is C19H20N6O2S2. The van der Waals surface area contributed by atoms with Gasteiger partial charge in [0.05, 0.1) is 4.90 Å². The van der Waals surface area contributed by atoms with Crippen molar-refractivity contribution in [3.8, 4) is 0 Å². The molecule has 10 heteroatoms. The molecule has 0 saturated carbocycles. The number of sulfonamides is 1. The molecule has 3 N–H and O–H groups in total. The Kier molecular flexibility index (Phi) is 6.25. The number of anilines is 4. The van der Waals surface area contributed by atoms with Gasteiger partial charge in [-0.2, -0.15) is 0 Å². The number of hydrogen-bond acceptors (Lipinski definition) is 6. The maximum Gasteiger partial charge on any atom is 0.264 e. The highest BCUT2D eigenvalue weighted by atomic mass is 32.2. The summed E-state index contributed by atoms with van der Waals surface area (Å²) in [7, 11) is 0.173. The van der Waals surface area contributed by atoms with Crippen LogP contribution in [0, 0.1) is 0 Å². The summed E-state index contributed by atoms with van der Waals surface area (Å²) in [5, 5.41) is 6.51. The van der Waals surface area contributed by atoms with Crippen LogP contribution in [-0.4, -0.2) is 37.6 Å². The van der Waals surface area contributed by atoms with Crippen molar-refractivity contribution in [3.05, 3.63) is 67.0 Å². The Hall–Kier alpha value is -3.24. The summed E-state index contributed by atoms with van der Waals surface area (Å²) in [6.07, 6.45) is 2.92. The van der Waals surface area contributed by atoms with Crippen LogP contribution < -0.4 is 20.3 Å². The highest BCUT2D eigenvalue weighted by Crippen LogP contribution is 2.18. The lowest BCUT2D eigenvalue weighted by atomic mass is 10.2. The zero-order valence-electron chi connectivity index (χ0n) is 15.8. The van der Waals surface area contributed by atoms with Crippen LogP contribution >= 0.6 is 12.2 Å². The normalized spacial score (nSPS) is 10.8. The first-order valence-corrected chi connectivity index (χ1v) is 10.5. The molecule has 1 heterocycles. The summed E-state index contributed by atoms with van der Waals surface area (Å²) in [4.78, 5) is 9.82. The Morgan fingerprint density at radius 1 is 0.897 bits per heavy atom. The third-order valence-corrected chi connectivity index (χ3v) is 5.40. The molecular weight excluding hydrogens is 408 g/mol. The van der Waals surface area contributed by atoms with E-state index >= 15 is 0 Å². The SMILES string of the molecule is CN(C)c1ccc(NC(=S)Nc2ccc(S(=O)(=O)Nc3ncccn3)cc2)cc1. The molecule has 0 aliphatic rings. The predicted octanol–water partition coefficient (Wildman–Crippen LogP) is 3.15. The van der Waals surface area contributed by atoms with E-state index < -0.39 is 10.0 Å². The number of aromatic nitrogens is 2. The Bertz CT molecular complexity index is 1070. The lowest BCUT2D eigenvalue weighted by Gasteiger charge is -2.14. The number of benzene rings is 2. The fourth-order valence-electron chi connectivity index (χ4n) is 2.38. The van der Waals surface area contributed by atoms with Crippen molar-refractivity contribution < 1.29 is 8.42 Å². The van der Waals surface area contributed by atoms with E-state index in [0.717, 1.165) is 11.4 Å². The first-order chi connectivity index (χ1) is 13.8. The second kappa shape index (κ2) is 8.84. The summed E-state index contributed by atoms with van der Waals surface area (Å²) < 4.78 is 27.1. The standard InChI is InChI=1S/C19H20N6O2S2/c1-25(2)16-8-4-14(5-9-16)22-19(28)23-15-6-10-17(11-7-15)29(26,27)24-18-20-12-3-13-21-18/h3-13H,1-2H3,(H,20,21,24)(H2,22,23,28). The first kappa shape index (κ1) is 20.5. The van der Waals surface area contributed by atoms with E-state index in [2.05, 4.69) is 25.3 Å². The van der Waals surface area contributed by atoms with Gasteiger partial charge in [0.1, 0.15) is 0 Å². The number of thiocarbonyl (C=S) groups is 1. The van der Waals surface area contributed by atoms with E-state index in [9.17, 15) is 8.42 Å². The molecule has 0 atom stereocenters. The number of rotatable bonds is 6. The molecule has 2 aromatic carbocycles.